The summed E-state index contributed by atoms with van der Waals surface area (Å²) in [4.78, 5) is 12.6. The fourth-order valence-corrected chi connectivity index (χ4v) is 3.24. The molecule has 0 aliphatic carbocycles. The van der Waals surface area contributed by atoms with Crippen LogP contribution in [0.4, 0.5) is 0 Å². The van der Waals surface area contributed by atoms with Crippen LogP contribution in [0.2, 0.25) is 0 Å². The molecule has 2 rings (SSSR count). The smallest absolute Gasteiger partial charge is 0.261 e. The molecule has 1 amide bonds. The van der Waals surface area contributed by atoms with Gasteiger partial charge in [-0.05, 0) is 53.2 Å². The van der Waals surface area contributed by atoms with Crippen LogP contribution in [0.5, 0.6) is 0 Å². The topological polar surface area (TPSA) is 49.3 Å². The van der Waals surface area contributed by atoms with Gasteiger partial charge in [0.2, 0.25) is 0 Å². The zero-order valence-corrected chi connectivity index (χ0v) is 11.9. The van der Waals surface area contributed by atoms with E-state index in [1.54, 1.807) is 6.92 Å². The van der Waals surface area contributed by atoms with E-state index in [0.717, 1.165) is 11.1 Å². The lowest BCUT2D eigenvalue weighted by molar-refractivity contribution is 0.0531. The van der Waals surface area contributed by atoms with Crippen molar-refractivity contribution in [2.75, 3.05) is 6.54 Å². The van der Waals surface area contributed by atoms with Crippen molar-refractivity contribution in [1.82, 2.24) is 5.32 Å². The van der Waals surface area contributed by atoms with Crippen molar-refractivity contribution in [3.63, 3.8) is 0 Å². The molecule has 2 heterocycles. The summed E-state index contributed by atoms with van der Waals surface area (Å²) in [5, 5.41) is 18.8. The van der Waals surface area contributed by atoms with Gasteiger partial charge in [0.1, 0.15) is 5.60 Å². The monoisotopic (exact) mass is 281 g/mol. The first kappa shape index (κ1) is 13.3. The lowest BCUT2D eigenvalue weighted by atomic mass is 9.99. The average Bonchev–Trinajstić information content (AvgIpc) is 2.96. The summed E-state index contributed by atoms with van der Waals surface area (Å²) >= 11 is 2.94. The van der Waals surface area contributed by atoms with Crippen LogP contribution < -0.4 is 5.32 Å². The second-order valence-corrected chi connectivity index (χ2v) is 6.10. The number of rotatable bonds is 4. The molecule has 2 aromatic rings. The van der Waals surface area contributed by atoms with E-state index in [-0.39, 0.29) is 12.5 Å². The predicted molar refractivity (Wildman–Crippen MR) is 75.3 cm³/mol. The second-order valence-electron chi connectivity index (χ2n) is 4.40. The van der Waals surface area contributed by atoms with Crippen LogP contribution in [0.15, 0.2) is 28.3 Å². The maximum Gasteiger partial charge on any atom is 0.261 e. The summed E-state index contributed by atoms with van der Waals surface area (Å²) in [6, 6.07) is 3.78. The standard InChI is InChI=1S/C13H15NO2S2/c1-9-3-6-18-11(9)12(15)14-8-13(2,16)10-4-5-17-7-10/h3-7,16H,8H2,1-2H3,(H,14,15). The van der Waals surface area contributed by atoms with Crippen molar-refractivity contribution >= 4 is 28.6 Å². The molecule has 18 heavy (non-hydrogen) atoms. The Balaban J connectivity index is 2.00. The minimum atomic E-state index is -1.03. The molecule has 0 aliphatic heterocycles. The maximum absolute atomic E-state index is 11.9. The first-order valence-electron chi connectivity index (χ1n) is 5.58. The van der Waals surface area contributed by atoms with E-state index in [1.807, 2.05) is 35.2 Å². The van der Waals surface area contributed by atoms with Gasteiger partial charge in [0, 0.05) is 0 Å². The van der Waals surface area contributed by atoms with Gasteiger partial charge in [-0.25, -0.2) is 0 Å². The lowest BCUT2D eigenvalue weighted by Gasteiger charge is -2.22. The van der Waals surface area contributed by atoms with Gasteiger partial charge in [0.25, 0.3) is 5.91 Å². The van der Waals surface area contributed by atoms with Gasteiger partial charge in [-0.2, -0.15) is 11.3 Å². The number of carbonyl (C=O) groups excluding carboxylic acids is 1. The molecule has 0 bridgehead atoms. The molecule has 0 saturated heterocycles. The Kier molecular flexibility index (Phi) is 3.85. The van der Waals surface area contributed by atoms with E-state index in [2.05, 4.69) is 5.32 Å². The summed E-state index contributed by atoms with van der Waals surface area (Å²) < 4.78 is 0. The maximum atomic E-state index is 11.9. The van der Waals surface area contributed by atoms with Gasteiger partial charge < -0.3 is 10.4 Å². The number of amides is 1. The third-order valence-electron chi connectivity index (χ3n) is 2.80. The molecule has 0 fully saturated rings. The summed E-state index contributed by atoms with van der Waals surface area (Å²) in [6.07, 6.45) is 0. The highest BCUT2D eigenvalue weighted by molar-refractivity contribution is 7.12. The van der Waals surface area contributed by atoms with Crippen LogP contribution in [0.25, 0.3) is 0 Å². The molecule has 2 N–H and O–H groups in total. The number of hydrogen-bond acceptors (Lipinski definition) is 4. The first-order chi connectivity index (χ1) is 8.50. The van der Waals surface area contributed by atoms with E-state index < -0.39 is 5.60 Å². The Morgan fingerprint density at radius 2 is 2.22 bits per heavy atom. The summed E-state index contributed by atoms with van der Waals surface area (Å²) in [5.41, 5.74) is 0.768. The largest absolute Gasteiger partial charge is 0.384 e. The van der Waals surface area contributed by atoms with E-state index >= 15 is 0 Å². The first-order valence-corrected chi connectivity index (χ1v) is 7.40. The Hall–Kier alpha value is -1.17. The Morgan fingerprint density at radius 1 is 1.44 bits per heavy atom. The van der Waals surface area contributed by atoms with Crippen LogP contribution in [0.3, 0.4) is 0 Å². The molecule has 2 aromatic heterocycles. The molecule has 96 valence electrons. The number of aryl methyl sites for hydroxylation is 1. The van der Waals surface area contributed by atoms with Crippen molar-refractivity contribution in [2.45, 2.75) is 19.4 Å². The highest BCUT2D eigenvalue weighted by Gasteiger charge is 2.24. The number of nitrogens with one attached hydrogen (secondary N) is 1. The van der Waals surface area contributed by atoms with Gasteiger partial charge in [-0.1, -0.05) is 0 Å². The Bertz CT molecular complexity index is 529. The Morgan fingerprint density at radius 3 is 2.78 bits per heavy atom. The fraction of sp³-hybridized carbons (Fsp3) is 0.308. The molecule has 3 nitrogen and oxygen atoms in total. The molecule has 0 aromatic carbocycles. The molecule has 0 spiro atoms. The van der Waals surface area contributed by atoms with Crippen LogP contribution in [-0.2, 0) is 5.60 Å². The number of hydrogen-bond donors (Lipinski definition) is 2. The fourth-order valence-electron chi connectivity index (χ4n) is 1.61. The highest BCUT2D eigenvalue weighted by atomic mass is 32.1. The Labute approximate surface area is 114 Å². The molecule has 1 atom stereocenters. The van der Waals surface area contributed by atoms with Crippen molar-refractivity contribution in [3.05, 3.63) is 44.3 Å². The van der Waals surface area contributed by atoms with Crippen LogP contribution in [-0.4, -0.2) is 17.6 Å². The third kappa shape index (κ3) is 2.80. The SMILES string of the molecule is Cc1ccsc1C(=O)NCC(C)(O)c1ccsc1. The lowest BCUT2D eigenvalue weighted by Crippen LogP contribution is -2.38. The average molecular weight is 281 g/mol. The molecular weight excluding hydrogens is 266 g/mol. The van der Waals surface area contributed by atoms with Crippen molar-refractivity contribution in [3.8, 4) is 0 Å². The van der Waals surface area contributed by atoms with Gasteiger partial charge in [0.15, 0.2) is 0 Å². The van der Waals surface area contributed by atoms with E-state index in [0.29, 0.717) is 4.88 Å². The van der Waals surface area contributed by atoms with Crippen molar-refractivity contribution < 1.29 is 9.90 Å². The zero-order valence-electron chi connectivity index (χ0n) is 10.3. The van der Waals surface area contributed by atoms with E-state index in [4.69, 9.17) is 0 Å². The molecule has 1 unspecified atom stereocenters. The quantitative estimate of drug-likeness (QED) is 0.905. The van der Waals surface area contributed by atoms with Gasteiger partial charge in [-0.15, -0.1) is 11.3 Å². The van der Waals surface area contributed by atoms with Crippen LogP contribution in [0, 0.1) is 6.92 Å². The van der Waals surface area contributed by atoms with E-state index in [9.17, 15) is 9.90 Å². The summed E-state index contributed by atoms with van der Waals surface area (Å²) in [6.45, 7) is 3.82. The zero-order chi connectivity index (χ0) is 13.2. The molecule has 0 saturated carbocycles. The second kappa shape index (κ2) is 5.22. The van der Waals surface area contributed by atoms with Gasteiger partial charge in [-0.3, -0.25) is 4.79 Å². The highest BCUT2D eigenvalue weighted by Crippen LogP contribution is 2.22. The van der Waals surface area contributed by atoms with E-state index in [1.165, 1.54) is 22.7 Å². The number of carbonyl (C=O) groups is 1. The van der Waals surface area contributed by atoms with Crippen molar-refractivity contribution in [2.24, 2.45) is 0 Å². The molecule has 0 aliphatic rings. The number of thiophene rings is 2. The number of aliphatic hydroxyl groups is 1. The minimum Gasteiger partial charge on any atom is -0.384 e. The normalized spacial score (nSPS) is 14.2. The van der Waals surface area contributed by atoms with Crippen LogP contribution >= 0.6 is 22.7 Å². The van der Waals surface area contributed by atoms with Gasteiger partial charge >= 0.3 is 0 Å². The molecule has 5 heteroatoms. The minimum absolute atomic E-state index is 0.127. The predicted octanol–water partition coefficient (Wildman–Crippen LogP) is 2.76. The van der Waals surface area contributed by atoms with Crippen LogP contribution in [0.1, 0.15) is 27.7 Å². The van der Waals surface area contributed by atoms with Crippen molar-refractivity contribution in [1.29, 1.82) is 0 Å². The summed E-state index contributed by atoms with van der Waals surface area (Å²) in [7, 11) is 0. The third-order valence-corrected chi connectivity index (χ3v) is 4.50. The molecule has 0 radical (unpaired) electrons. The molecular formula is C13H15NO2S2. The summed E-state index contributed by atoms with van der Waals surface area (Å²) in [5.74, 6) is -0.127. The van der Waals surface area contributed by atoms with Gasteiger partial charge in [0.05, 0.1) is 11.4 Å².